The third-order valence-corrected chi connectivity index (χ3v) is 12.9. The van der Waals surface area contributed by atoms with E-state index in [9.17, 15) is 13.2 Å². The lowest BCUT2D eigenvalue weighted by Gasteiger charge is -2.39. The Labute approximate surface area is 158 Å². The van der Waals surface area contributed by atoms with Crippen molar-refractivity contribution in [3.05, 3.63) is 30.3 Å². The molecule has 0 aromatic heterocycles. The monoisotopic (exact) mass is 396 g/mol. The van der Waals surface area contributed by atoms with E-state index in [1.807, 2.05) is 30.3 Å². The summed E-state index contributed by atoms with van der Waals surface area (Å²) in [5.41, 5.74) is -1.02. The van der Waals surface area contributed by atoms with Gasteiger partial charge < -0.3 is 0 Å². The molecule has 0 amide bonds. The second-order valence-corrected chi connectivity index (χ2v) is 13.5. The highest BCUT2D eigenvalue weighted by Crippen LogP contribution is 2.66. The maximum absolute atomic E-state index is 13.2. The summed E-state index contributed by atoms with van der Waals surface area (Å²) in [7, 11) is -5.60. The van der Waals surface area contributed by atoms with Crippen LogP contribution in [0.3, 0.4) is 0 Å². The van der Waals surface area contributed by atoms with Gasteiger partial charge in [0.05, 0.1) is 11.2 Å². The Hall–Kier alpha value is -0.850. The maximum atomic E-state index is 13.2. The van der Waals surface area contributed by atoms with Crippen LogP contribution in [-0.2, 0) is 18.5 Å². The number of carbonyl (C=O) groups excluding carboxylic acids is 1. The van der Waals surface area contributed by atoms with Crippen molar-refractivity contribution >= 4 is 26.2 Å². The van der Waals surface area contributed by atoms with E-state index in [-0.39, 0.29) is 17.0 Å². The predicted molar refractivity (Wildman–Crippen MR) is 105 cm³/mol. The molecule has 2 aliphatic carbocycles. The van der Waals surface area contributed by atoms with Crippen molar-refractivity contribution in [1.82, 2.24) is 0 Å². The largest absolute Gasteiger partial charge is 0.299 e. The van der Waals surface area contributed by atoms with Crippen molar-refractivity contribution in [2.75, 3.05) is 17.3 Å². The maximum Gasteiger partial charge on any atom is 0.277 e. The molecule has 4 nitrogen and oxygen atoms in total. The molecule has 1 saturated heterocycles. The third kappa shape index (κ3) is 2.68. The Morgan fingerprint density at radius 2 is 1.81 bits per heavy atom. The van der Waals surface area contributed by atoms with Crippen LogP contribution in [0.1, 0.15) is 46.0 Å². The van der Waals surface area contributed by atoms with Crippen LogP contribution in [-0.4, -0.2) is 31.5 Å². The molecule has 2 bridgehead atoms. The van der Waals surface area contributed by atoms with Crippen molar-refractivity contribution < 1.29 is 16.8 Å². The van der Waals surface area contributed by atoms with Crippen LogP contribution >= 0.6 is 10.3 Å². The van der Waals surface area contributed by atoms with Gasteiger partial charge in [-0.15, -0.1) is 0 Å². The molecule has 2 atom stereocenters. The lowest BCUT2D eigenvalue weighted by atomic mass is 9.70. The number of hydrogen-bond acceptors (Lipinski definition) is 4. The number of Topliss-reactive ketones (excluding diaryl/α,β-unsaturated/α-hetero) is 1. The number of benzene rings is 1. The van der Waals surface area contributed by atoms with Crippen molar-refractivity contribution in [2.45, 2.75) is 50.8 Å². The Kier molecular flexibility index (Phi) is 4.33. The molecule has 1 aromatic carbocycles. The average molecular weight is 397 g/mol. The van der Waals surface area contributed by atoms with E-state index in [2.05, 4.69) is 13.8 Å². The van der Waals surface area contributed by atoms with Crippen LogP contribution in [0.25, 0.3) is 0 Å². The number of hydrogen-bond donors (Lipinski definition) is 0. The van der Waals surface area contributed by atoms with Crippen LogP contribution in [0, 0.1) is 16.7 Å². The van der Waals surface area contributed by atoms with Gasteiger partial charge >= 0.3 is 0 Å². The van der Waals surface area contributed by atoms with Gasteiger partial charge in [0, 0.05) is 22.8 Å². The third-order valence-electron chi connectivity index (χ3n) is 7.17. The molecule has 1 aromatic rings. The molecule has 4 rings (SSSR count). The van der Waals surface area contributed by atoms with Gasteiger partial charge in [-0.3, -0.25) is 4.79 Å². The molecule has 3 fully saturated rings. The molecule has 6 heteroatoms. The van der Waals surface area contributed by atoms with E-state index < -0.39 is 25.8 Å². The summed E-state index contributed by atoms with van der Waals surface area (Å²) in [5, 5.41) is 0. The van der Waals surface area contributed by atoms with Crippen LogP contribution in [0.15, 0.2) is 35.2 Å². The van der Waals surface area contributed by atoms with E-state index in [1.165, 1.54) is 0 Å². The smallest absolute Gasteiger partial charge is 0.277 e. The minimum atomic E-state index is -3.79. The zero-order valence-electron chi connectivity index (χ0n) is 15.6. The van der Waals surface area contributed by atoms with Crippen LogP contribution in [0.5, 0.6) is 0 Å². The standard InChI is InChI=1S/C20H28O4S2/c1-19(2)16-10-11-20(19,18(21)14-16)15-26(22,23)24-25(12-6-7-13-25)17-8-4-3-5-9-17/h3-5,8-9,16H,6-7,10-15H2,1-2H3. The highest BCUT2D eigenvalue weighted by atomic mass is 32.3. The molecule has 2 unspecified atom stereocenters. The van der Waals surface area contributed by atoms with Crippen molar-refractivity contribution in [2.24, 2.45) is 16.7 Å². The van der Waals surface area contributed by atoms with E-state index >= 15 is 0 Å². The van der Waals surface area contributed by atoms with Gasteiger partial charge in [0.2, 0.25) is 0 Å². The molecule has 3 aliphatic rings. The molecular weight excluding hydrogens is 368 g/mol. The number of rotatable bonds is 5. The van der Waals surface area contributed by atoms with Gasteiger partial charge in [-0.2, -0.15) is 8.42 Å². The SMILES string of the molecule is CC1(C)C2CCC1(CS(=O)(=O)OS1(c3ccccc3)CCCC1)C(=O)C2. The van der Waals surface area contributed by atoms with E-state index in [0.29, 0.717) is 18.8 Å². The lowest BCUT2D eigenvalue weighted by Crippen LogP contribution is -2.42. The lowest BCUT2D eigenvalue weighted by molar-refractivity contribution is -0.128. The Bertz CT molecular complexity index is 809. The van der Waals surface area contributed by atoms with Crippen LogP contribution in [0.2, 0.25) is 0 Å². The zero-order valence-corrected chi connectivity index (χ0v) is 17.2. The molecular formula is C20H28O4S2. The zero-order chi connectivity index (χ0) is 18.6. The van der Waals surface area contributed by atoms with Gasteiger partial charge in [-0.05, 0) is 49.1 Å². The summed E-state index contributed by atoms with van der Waals surface area (Å²) in [6.45, 7) is 4.14. The normalized spacial score (nSPS) is 33.5. The topological polar surface area (TPSA) is 60.4 Å². The highest BCUT2D eigenvalue weighted by molar-refractivity contribution is 8.33. The summed E-state index contributed by atoms with van der Waals surface area (Å²) in [4.78, 5) is 13.7. The first-order valence-corrected chi connectivity index (χ1v) is 13.0. The fourth-order valence-corrected chi connectivity index (χ4v) is 12.0. The van der Waals surface area contributed by atoms with Crippen LogP contribution < -0.4 is 0 Å². The molecule has 0 N–H and O–H groups in total. The second kappa shape index (κ2) is 6.08. The van der Waals surface area contributed by atoms with Gasteiger partial charge in [-0.25, -0.2) is 3.63 Å². The molecule has 1 heterocycles. The van der Waals surface area contributed by atoms with Crippen LogP contribution in [0.4, 0.5) is 0 Å². The quantitative estimate of drug-likeness (QED) is 0.744. The van der Waals surface area contributed by atoms with Gasteiger partial charge in [0.25, 0.3) is 10.1 Å². The molecule has 0 spiro atoms. The summed E-state index contributed by atoms with van der Waals surface area (Å²) in [5.74, 6) is 1.88. The van der Waals surface area contributed by atoms with Crippen molar-refractivity contribution in [1.29, 1.82) is 0 Å². The van der Waals surface area contributed by atoms with E-state index in [0.717, 1.165) is 35.7 Å². The Morgan fingerprint density at radius 1 is 1.15 bits per heavy atom. The van der Waals surface area contributed by atoms with E-state index in [1.54, 1.807) is 0 Å². The minimum Gasteiger partial charge on any atom is -0.299 e. The van der Waals surface area contributed by atoms with Gasteiger partial charge in [0.15, 0.2) is 0 Å². The number of carbonyl (C=O) groups is 1. The van der Waals surface area contributed by atoms with Gasteiger partial charge in [0.1, 0.15) is 5.78 Å². The summed E-state index contributed by atoms with van der Waals surface area (Å²) in [6, 6.07) is 9.82. The fraction of sp³-hybridized carbons (Fsp3) is 0.650. The molecule has 2 saturated carbocycles. The summed E-state index contributed by atoms with van der Waals surface area (Å²) >= 11 is 0. The van der Waals surface area contributed by atoms with Crippen molar-refractivity contribution in [3.63, 3.8) is 0 Å². The summed E-state index contributed by atoms with van der Waals surface area (Å²) in [6.07, 6.45) is 4.15. The molecule has 26 heavy (non-hydrogen) atoms. The second-order valence-electron chi connectivity index (χ2n) is 8.68. The minimum absolute atomic E-state index is 0.126. The Balaban J connectivity index is 1.64. The van der Waals surface area contributed by atoms with E-state index in [4.69, 9.17) is 3.63 Å². The Morgan fingerprint density at radius 3 is 2.35 bits per heavy atom. The molecule has 0 radical (unpaired) electrons. The first kappa shape index (κ1) is 18.5. The first-order valence-electron chi connectivity index (χ1n) is 9.52. The molecule has 144 valence electrons. The molecule has 1 aliphatic heterocycles. The predicted octanol–water partition coefficient (Wildman–Crippen LogP) is 4.30. The first-order chi connectivity index (χ1) is 12.2. The number of ketones is 1. The van der Waals surface area contributed by atoms with Crippen molar-refractivity contribution in [3.8, 4) is 0 Å². The average Bonchev–Trinajstić information content (AvgIpc) is 3.19. The fourth-order valence-electron chi connectivity index (χ4n) is 5.42. The number of fused-ring (bicyclic) bond motifs is 2. The summed E-state index contributed by atoms with van der Waals surface area (Å²) < 4.78 is 32.4. The highest BCUT2D eigenvalue weighted by Gasteiger charge is 2.65. The van der Waals surface area contributed by atoms with Gasteiger partial charge in [-0.1, -0.05) is 42.4 Å².